The van der Waals surface area contributed by atoms with Gasteiger partial charge in [0.2, 0.25) is 0 Å². The molecule has 17 heteroatoms. The third-order valence-electron chi connectivity index (χ3n) is 4.28. The molecule has 2 unspecified atom stereocenters. The van der Waals surface area contributed by atoms with Gasteiger partial charge >= 0.3 is 0 Å². The lowest BCUT2D eigenvalue weighted by Gasteiger charge is -2.22. The molecule has 1 aromatic carbocycles. The number of phosphoric acid groups is 2. The van der Waals surface area contributed by atoms with Crippen molar-refractivity contribution >= 4 is 21.9 Å². The lowest BCUT2D eigenvalue weighted by atomic mass is 10.2. The highest BCUT2D eigenvalue weighted by atomic mass is 31.2. The molecule has 0 spiro atoms. The van der Waals surface area contributed by atoms with Gasteiger partial charge in [-0.1, -0.05) is 0 Å². The lowest BCUT2D eigenvalue weighted by molar-refractivity contribution is -0.227. The highest BCUT2D eigenvalue weighted by molar-refractivity contribution is 7.46. The second kappa shape index (κ2) is 22.4. The number of carbonyl (C=O) groups is 1. The summed E-state index contributed by atoms with van der Waals surface area (Å²) >= 11 is 0. The van der Waals surface area contributed by atoms with Gasteiger partial charge in [-0.3, -0.25) is 13.9 Å². The minimum absolute atomic E-state index is 0.0146. The summed E-state index contributed by atoms with van der Waals surface area (Å²) in [5, 5.41) is 0. The Morgan fingerprint density at radius 3 is 1.33 bits per heavy atom. The predicted molar refractivity (Wildman–Crippen MR) is 131 cm³/mol. The molecule has 0 saturated heterocycles. The van der Waals surface area contributed by atoms with Crippen molar-refractivity contribution in [2.75, 3.05) is 99.6 Å². The van der Waals surface area contributed by atoms with Crippen LogP contribution in [0.2, 0.25) is 0 Å². The SMILES string of the molecule is COP(=O)([O-])OCCOCCOCCOCCOCCOCCOP(=O)([O-])OCCOc1ccc(C=O)cc1. The Morgan fingerprint density at radius 2 is 0.949 bits per heavy atom. The molecule has 0 radical (unpaired) electrons. The fourth-order valence-corrected chi connectivity index (χ4v) is 3.51. The Balaban J connectivity index is 1.82. The normalized spacial score (nSPS) is 14.5. The Morgan fingerprint density at radius 1 is 0.590 bits per heavy atom. The number of aldehydes is 1. The number of hydrogen-bond acceptors (Lipinski definition) is 15. The molecule has 0 aromatic heterocycles. The quantitative estimate of drug-likeness (QED) is 0.0772. The summed E-state index contributed by atoms with van der Waals surface area (Å²) in [6, 6.07) is 6.33. The molecule has 0 aliphatic rings. The van der Waals surface area contributed by atoms with Gasteiger partial charge in [0.1, 0.15) is 18.6 Å². The Labute approximate surface area is 227 Å². The highest BCUT2D eigenvalue weighted by Crippen LogP contribution is 2.37. The van der Waals surface area contributed by atoms with Crippen LogP contribution < -0.4 is 14.5 Å². The van der Waals surface area contributed by atoms with Crippen LogP contribution in [0.25, 0.3) is 0 Å². The van der Waals surface area contributed by atoms with Crippen molar-refractivity contribution in [3.05, 3.63) is 29.8 Å². The average molecular weight is 602 g/mol. The molecule has 15 nitrogen and oxygen atoms in total. The number of phosphoric ester groups is 2. The first-order valence-electron chi connectivity index (χ1n) is 12.0. The molecule has 0 fully saturated rings. The molecular formula is C22H36O15P2-2. The van der Waals surface area contributed by atoms with Crippen LogP contribution in [0.4, 0.5) is 0 Å². The molecule has 0 aliphatic carbocycles. The smallest absolute Gasteiger partial charge is 0.268 e. The summed E-state index contributed by atoms with van der Waals surface area (Å²) in [6.07, 6.45) is 0.706. The van der Waals surface area contributed by atoms with Crippen molar-refractivity contribution in [3.63, 3.8) is 0 Å². The molecule has 1 rings (SSSR count). The van der Waals surface area contributed by atoms with Crippen molar-refractivity contribution in [2.45, 2.75) is 0 Å². The maximum Gasteiger partial charge on any atom is 0.268 e. The summed E-state index contributed by atoms with van der Waals surface area (Å²) in [6.45, 7) is 2.13. The summed E-state index contributed by atoms with van der Waals surface area (Å²) in [5.74, 6) is 0.477. The highest BCUT2D eigenvalue weighted by Gasteiger charge is 2.09. The molecule has 0 amide bonds. The van der Waals surface area contributed by atoms with E-state index in [9.17, 15) is 23.7 Å². The Bertz CT molecular complexity index is 839. The number of carbonyl (C=O) groups excluding carboxylic acids is 1. The van der Waals surface area contributed by atoms with E-state index in [2.05, 4.69) is 9.05 Å². The van der Waals surface area contributed by atoms with E-state index in [4.69, 9.17) is 37.5 Å². The largest absolute Gasteiger partial charge is 0.756 e. The first kappa shape index (κ1) is 35.7. The van der Waals surface area contributed by atoms with E-state index in [0.29, 0.717) is 57.2 Å². The maximum absolute atomic E-state index is 11.7. The molecule has 39 heavy (non-hydrogen) atoms. The van der Waals surface area contributed by atoms with Crippen LogP contribution >= 0.6 is 15.6 Å². The fraction of sp³-hybridized carbons (Fsp3) is 0.682. The molecule has 1 aromatic rings. The van der Waals surface area contributed by atoms with E-state index in [-0.39, 0.29) is 52.9 Å². The van der Waals surface area contributed by atoms with Gasteiger partial charge in [0, 0.05) is 12.7 Å². The van der Waals surface area contributed by atoms with Crippen LogP contribution in [-0.4, -0.2) is 106 Å². The van der Waals surface area contributed by atoms with Crippen molar-refractivity contribution < 1.29 is 70.2 Å². The first-order chi connectivity index (χ1) is 18.8. The molecule has 0 heterocycles. The minimum Gasteiger partial charge on any atom is -0.756 e. The van der Waals surface area contributed by atoms with E-state index < -0.39 is 15.6 Å². The zero-order chi connectivity index (χ0) is 28.7. The summed E-state index contributed by atoms with van der Waals surface area (Å²) in [7, 11) is -7.68. The number of benzene rings is 1. The van der Waals surface area contributed by atoms with Gasteiger partial charge in [-0.05, 0) is 24.3 Å². The van der Waals surface area contributed by atoms with Crippen molar-refractivity contribution in [1.29, 1.82) is 0 Å². The zero-order valence-corrected chi connectivity index (χ0v) is 23.6. The van der Waals surface area contributed by atoms with Gasteiger partial charge in [-0.2, -0.15) is 0 Å². The fourth-order valence-electron chi connectivity index (χ4n) is 2.44. The Hall–Kier alpha value is -1.29. The van der Waals surface area contributed by atoms with E-state index in [1.807, 2.05) is 0 Å². The molecule has 0 saturated carbocycles. The van der Waals surface area contributed by atoms with E-state index in [1.54, 1.807) is 24.3 Å². The molecular weight excluding hydrogens is 566 g/mol. The molecule has 2 atom stereocenters. The van der Waals surface area contributed by atoms with Crippen molar-refractivity contribution in [1.82, 2.24) is 0 Å². The van der Waals surface area contributed by atoms with E-state index in [1.165, 1.54) is 0 Å². The monoisotopic (exact) mass is 602 g/mol. The average Bonchev–Trinajstić information content (AvgIpc) is 2.92. The third kappa shape index (κ3) is 21.2. The number of ether oxygens (including phenoxy) is 6. The molecule has 0 bridgehead atoms. The van der Waals surface area contributed by atoms with Crippen LogP contribution in [0.15, 0.2) is 24.3 Å². The van der Waals surface area contributed by atoms with Crippen LogP contribution in [0.3, 0.4) is 0 Å². The van der Waals surface area contributed by atoms with Crippen molar-refractivity contribution in [2.24, 2.45) is 0 Å². The van der Waals surface area contributed by atoms with Gasteiger partial charge < -0.3 is 56.3 Å². The number of rotatable bonds is 27. The summed E-state index contributed by atoms with van der Waals surface area (Å²) in [5.41, 5.74) is 0.503. The van der Waals surface area contributed by atoms with Crippen LogP contribution in [0.5, 0.6) is 5.75 Å². The molecule has 226 valence electrons. The summed E-state index contributed by atoms with van der Waals surface area (Å²) in [4.78, 5) is 33.2. The minimum atomic E-state index is -4.47. The molecule has 0 aliphatic heterocycles. The molecule has 0 N–H and O–H groups in total. The van der Waals surface area contributed by atoms with Crippen LogP contribution in [-0.2, 0) is 50.9 Å². The second-order valence-electron chi connectivity index (χ2n) is 7.17. The third-order valence-corrected chi connectivity index (χ3v) is 6.23. The lowest BCUT2D eigenvalue weighted by Crippen LogP contribution is -2.16. The second-order valence-corrected chi connectivity index (χ2v) is 10.1. The first-order valence-corrected chi connectivity index (χ1v) is 14.9. The van der Waals surface area contributed by atoms with Crippen LogP contribution in [0.1, 0.15) is 10.4 Å². The standard InChI is InChI=1S/C22H38O15P2/c1-28-38(24,25)35-17-14-32-12-10-30-8-6-29-7-9-31-11-13-33-15-18-36-39(26,27)37-19-16-34-22-4-2-21(20-23)3-5-22/h2-5,20H,6-19H2,1H3,(H,24,25)(H,26,27)/p-2. The maximum atomic E-state index is 11.7. The topological polar surface area (TPSA) is 190 Å². The Kier molecular flexibility index (Phi) is 20.5. The summed E-state index contributed by atoms with van der Waals surface area (Å²) < 4.78 is 72.3. The van der Waals surface area contributed by atoms with Crippen LogP contribution in [0, 0.1) is 0 Å². The predicted octanol–water partition coefficient (Wildman–Crippen LogP) is 0.594. The zero-order valence-electron chi connectivity index (χ0n) is 21.8. The van der Waals surface area contributed by atoms with Gasteiger partial charge in [-0.15, -0.1) is 0 Å². The van der Waals surface area contributed by atoms with Gasteiger partial charge in [0.25, 0.3) is 15.6 Å². The van der Waals surface area contributed by atoms with E-state index >= 15 is 0 Å². The van der Waals surface area contributed by atoms with Gasteiger partial charge in [-0.25, -0.2) is 0 Å². The van der Waals surface area contributed by atoms with E-state index in [0.717, 1.165) is 7.11 Å². The van der Waals surface area contributed by atoms with Gasteiger partial charge in [0.15, 0.2) is 0 Å². The van der Waals surface area contributed by atoms with Gasteiger partial charge in [0.05, 0.1) is 85.9 Å². The van der Waals surface area contributed by atoms with Crippen molar-refractivity contribution in [3.8, 4) is 5.75 Å². The number of hydrogen-bond donors (Lipinski definition) is 0.